The zero-order valence-corrected chi connectivity index (χ0v) is 17.0. The molecule has 1 aromatic heterocycles. The van der Waals surface area contributed by atoms with Gasteiger partial charge in [0.15, 0.2) is 5.78 Å². The monoisotopic (exact) mass is 462 g/mol. The van der Waals surface area contributed by atoms with E-state index in [1.165, 1.54) is 30.3 Å². The van der Waals surface area contributed by atoms with E-state index in [1.54, 1.807) is 0 Å². The molecule has 164 valence electrons. The van der Waals surface area contributed by atoms with Gasteiger partial charge in [-0.25, -0.2) is 4.79 Å². The number of hydrogen-bond acceptors (Lipinski definition) is 4. The van der Waals surface area contributed by atoms with E-state index in [0.29, 0.717) is 12.0 Å². The van der Waals surface area contributed by atoms with Gasteiger partial charge in [0, 0.05) is 12.0 Å². The smallest absolute Gasteiger partial charge is 0.417 e. The molecule has 1 N–H and O–H groups in total. The third kappa shape index (κ3) is 3.69. The highest BCUT2D eigenvalue weighted by atomic mass is 35.5. The summed E-state index contributed by atoms with van der Waals surface area (Å²) >= 11 is 5.98. The van der Waals surface area contributed by atoms with E-state index in [4.69, 9.17) is 16.7 Å². The number of aromatic nitrogens is 2. The van der Waals surface area contributed by atoms with Crippen LogP contribution in [0.15, 0.2) is 42.5 Å². The van der Waals surface area contributed by atoms with Crippen LogP contribution < -0.4 is 0 Å². The molecule has 0 amide bonds. The molecule has 0 fully saturated rings. The second kappa shape index (κ2) is 7.90. The van der Waals surface area contributed by atoms with Crippen LogP contribution in [0.25, 0.3) is 11.3 Å². The molecule has 0 atom stereocenters. The van der Waals surface area contributed by atoms with Crippen molar-refractivity contribution in [2.45, 2.75) is 25.4 Å². The maximum absolute atomic E-state index is 13.5. The number of benzene rings is 2. The van der Waals surface area contributed by atoms with Crippen LogP contribution in [-0.2, 0) is 12.6 Å². The van der Waals surface area contributed by atoms with Gasteiger partial charge >= 0.3 is 12.1 Å². The number of ketones is 1. The number of halogens is 4. The molecule has 0 saturated carbocycles. The number of rotatable bonds is 3. The molecule has 0 radical (unpaired) electrons. The fourth-order valence-corrected chi connectivity index (χ4v) is 4.00. The van der Waals surface area contributed by atoms with E-state index in [0.717, 1.165) is 16.8 Å². The number of carbonyl (C=O) groups excluding carboxylic acids is 2. The van der Waals surface area contributed by atoms with Gasteiger partial charge in [0.25, 0.3) is 5.91 Å². The van der Waals surface area contributed by atoms with Crippen LogP contribution in [0.5, 0.6) is 0 Å². The van der Waals surface area contributed by atoms with Gasteiger partial charge in [-0.1, -0.05) is 29.8 Å². The highest BCUT2D eigenvalue weighted by Gasteiger charge is 2.38. The molecule has 0 aliphatic heterocycles. The zero-order chi connectivity index (χ0) is 23.2. The molecule has 4 rings (SSSR count). The topological polar surface area (TPSA) is 89.3 Å². The summed E-state index contributed by atoms with van der Waals surface area (Å²) in [6, 6.07) is 8.52. The molecule has 1 heterocycles. The summed E-state index contributed by atoms with van der Waals surface area (Å²) in [5.41, 5.74) is -1.12. The quantitative estimate of drug-likeness (QED) is 0.583. The van der Waals surface area contributed by atoms with Gasteiger partial charge in [0.1, 0.15) is 5.69 Å². The molecule has 10 heteroatoms. The van der Waals surface area contributed by atoms with Crippen LogP contribution in [0.1, 0.15) is 55.2 Å². The lowest BCUT2D eigenvalue weighted by molar-refractivity contribution is -0.137. The Balaban J connectivity index is 1.91. The number of aromatic carboxylic acids is 1. The molecule has 2 aromatic carbocycles. The number of Topliss-reactive ketones (excluding diaryl/α,β-unsaturated/α-hetero) is 1. The van der Waals surface area contributed by atoms with E-state index >= 15 is 0 Å². The number of carbonyl (C=O) groups is 3. The summed E-state index contributed by atoms with van der Waals surface area (Å²) in [6.07, 6.45) is -3.95. The number of nitrogens with zero attached hydrogens (tertiary/aromatic N) is 2. The number of hydrogen-bond donors (Lipinski definition) is 1. The minimum atomic E-state index is -4.82. The fourth-order valence-electron chi connectivity index (χ4n) is 3.74. The summed E-state index contributed by atoms with van der Waals surface area (Å²) < 4.78 is 41.4. The Morgan fingerprint density at radius 3 is 2.38 bits per heavy atom. The van der Waals surface area contributed by atoms with E-state index in [-0.39, 0.29) is 46.2 Å². The highest BCUT2D eigenvalue weighted by molar-refractivity contribution is 6.34. The Labute approximate surface area is 184 Å². The molecule has 1 aliphatic rings. The van der Waals surface area contributed by atoms with E-state index in [9.17, 15) is 27.6 Å². The second-order valence-corrected chi connectivity index (χ2v) is 7.61. The predicted molar refractivity (Wildman–Crippen MR) is 108 cm³/mol. The first-order valence-corrected chi connectivity index (χ1v) is 9.86. The number of carboxylic acids is 1. The molecule has 32 heavy (non-hydrogen) atoms. The first-order valence-electron chi connectivity index (χ1n) is 9.49. The summed E-state index contributed by atoms with van der Waals surface area (Å²) in [6.45, 7) is 0. The van der Waals surface area contributed by atoms with Crippen molar-refractivity contribution in [2.24, 2.45) is 0 Å². The van der Waals surface area contributed by atoms with Crippen molar-refractivity contribution < 1.29 is 32.7 Å². The van der Waals surface area contributed by atoms with Crippen molar-refractivity contribution in [3.8, 4) is 11.3 Å². The van der Waals surface area contributed by atoms with Crippen LogP contribution in [0.4, 0.5) is 13.2 Å². The van der Waals surface area contributed by atoms with Gasteiger partial charge in [-0.15, -0.1) is 0 Å². The van der Waals surface area contributed by atoms with E-state index in [2.05, 4.69) is 5.10 Å². The minimum absolute atomic E-state index is 0.00957. The Morgan fingerprint density at radius 1 is 1.06 bits per heavy atom. The number of fused-ring (bicyclic) bond motifs is 1. The average Bonchev–Trinajstić information content (AvgIpc) is 3.13. The lowest BCUT2D eigenvalue weighted by Crippen LogP contribution is -2.23. The zero-order valence-electron chi connectivity index (χ0n) is 16.2. The normalized spacial score (nSPS) is 13.7. The minimum Gasteiger partial charge on any atom is -0.478 e. The first-order chi connectivity index (χ1) is 15.1. The van der Waals surface area contributed by atoms with Crippen molar-refractivity contribution in [3.05, 3.63) is 75.4 Å². The maximum atomic E-state index is 13.5. The van der Waals surface area contributed by atoms with Crippen molar-refractivity contribution in [3.63, 3.8) is 0 Å². The van der Waals surface area contributed by atoms with E-state index in [1.807, 2.05) is 0 Å². The predicted octanol–water partition coefficient (Wildman–Crippen LogP) is 5.13. The molecule has 0 saturated heterocycles. The van der Waals surface area contributed by atoms with Gasteiger partial charge < -0.3 is 5.11 Å². The summed E-state index contributed by atoms with van der Waals surface area (Å²) in [4.78, 5) is 37.0. The lowest BCUT2D eigenvalue weighted by atomic mass is 9.92. The summed E-state index contributed by atoms with van der Waals surface area (Å²) in [5.74, 6) is -2.53. The molecule has 6 nitrogen and oxygen atoms in total. The third-order valence-corrected chi connectivity index (χ3v) is 5.52. The van der Waals surface area contributed by atoms with Crippen LogP contribution >= 0.6 is 11.6 Å². The van der Waals surface area contributed by atoms with Crippen LogP contribution in [-0.4, -0.2) is 32.5 Å². The lowest BCUT2D eigenvalue weighted by Gasteiger charge is -2.16. The standard InChI is InChI=1S/C22H14ClF3N2O4/c23-14-4-1-3-13(22(24,25)26)17(14)20(30)28-15-5-2-6-16(29)18(15)19(27-28)11-7-9-12(10-8-11)21(31)32/h1,3-4,7-10H,2,5-6H2,(H,31,32). The number of alkyl halides is 3. The summed E-state index contributed by atoms with van der Waals surface area (Å²) in [5, 5.41) is 12.9. The molecular weight excluding hydrogens is 449 g/mol. The number of carboxylic acid groups (broad SMARTS) is 1. The largest absolute Gasteiger partial charge is 0.478 e. The van der Waals surface area contributed by atoms with Crippen LogP contribution in [0, 0.1) is 0 Å². The average molecular weight is 463 g/mol. The molecule has 0 unspecified atom stereocenters. The van der Waals surface area contributed by atoms with Gasteiger partial charge in [-0.3, -0.25) is 9.59 Å². The second-order valence-electron chi connectivity index (χ2n) is 7.21. The fraction of sp³-hybridized carbons (Fsp3) is 0.182. The third-order valence-electron chi connectivity index (χ3n) is 5.21. The Morgan fingerprint density at radius 2 is 1.75 bits per heavy atom. The molecule has 3 aromatic rings. The van der Waals surface area contributed by atoms with E-state index < -0.39 is 29.2 Å². The van der Waals surface area contributed by atoms with Gasteiger partial charge in [-0.2, -0.15) is 23.0 Å². The highest BCUT2D eigenvalue weighted by Crippen LogP contribution is 2.37. The maximum Gasteiger partial charge on any atom is 0.417 e. The molecular formula is C22H14ClF3N2O4. The van der Waals surface area contributed by atoms with Crippen LogP contribution in [0.2, 0.25) is 5.02 Å². The van der Waals surface area contributed by atoms with Crippen LogP contribution in [0.3, 0.4) is 0 Å². The van der Waals surface area contributed by atoms with Gasteiger partial charge in [0.05, 0.1) is 33.0 Å². The molecule has 1 aliphatic carbocycles. The van der Waals surface area contributed by atoms with Crippen molar-refractivity contribution in [1.29, 1.82) is 0 Å². The summed E-state index contributed by atoms with van der Waals surface area (Å²) in [7, 11) is 0. The SMILES string of the molecule is O=C(O)c1ccc(-c2nn(C(=O)c3c(Cl)cccc3C(F)(F)F)c3c2C(=O)CCC3)cc1. The first kappa shape index (κ1) is 21.8. The van der Waals surface area contributed by atoms with Crippen molar-refractivity contribution >= 4 is 29.3 Å². The Kier molecular flexibility index (Phi) is 5.37. The molecule has 0 bridgehead atoms. The Bertz CT molecular complexity index is 1260. The molecule has 0 spiro atoms. The van der Waals surface area contributed by atoms with Crippen molar-refractivity contribution in [1.82, 2.24) is 9.78 Å². The van der Waals surface area contributed by atoms with Crippen molar-refractivity contribution in [2.75, 3.05) is 0 Å². The van der Waals surface area contributed by atoms with Gasteiger partial charge in [-0.05, 0) is 37.1 Å². The Hall–Kier alpha value is -3.46. The van der Waals surface area contributed by atoms with Gasteiger partial charge in [0.2, 0.25) is 0 Å².